The Morgan fingerprint density at radius 2 is 1.92 bits per heavy atom. The van der Waals surface area contributed by atoms with Crippen LogP contribution in [0.25, 0.3) is 0 Å². The maximum atomic E-state index is 11.2. The summed E-state index contributed by atoms with van der Waals surface area (Å²) in [6.07, 6.45) is -5.39. The zero-order valence-electron chi connectivity index (χ0n) is 12.5. The number of carbonyl (C=O) groups is 1. The number of carbonyl (C=O) groups excluding carboxylic acids is 1. The number of primary amides is 1. The predicted molar refractivity (Wildman–Crippen MR) is 78.8 cm³/mol. The summed E-state index contributed by atoms with van der Waals surface area (Å²) in [5, 5.41) is 39.9. The van der Waals surface area contributed by atoms with Gasteiger partial charge in [0.1, 0.15) is 18.0 Å². The van der Waals surface area contributed by atoms with E-state index in [9.17, 15) is 30.2 Å². The number of hydrogen-bond acceptors (Lipinski definition) is 8. The minimum Gasteiger partial charge on any atom is -0.465 e. The highest BCUT2D eigenvalue weighted by Gasteiger charge is 2.46. The van der Waals surface area contributed by atoms with Crippen LogP contribution in [0.1, 0.15) is 6.42 Å². The van der Waals surface area contributed by atoms with Gasteiger partial charge in [-0.3, -0.25) is 14.9 Å². The lowest BCUT2D eigenvalue weighted by atomic mass is 9.88. The average molecular weight is 342 g/mol. The summed E-state index contributed by atoms with van der Waals surface area (Å²) in [7, 11) is 0. The highest BCUT2D eigenvalue weighted by molar-refractivity contribution is 5.74. The molecule has 1 amide bonds. The molecule has 1 aromatic rings. The fraction of sp³-hybridized carbons (Fsp3) is 0.500. The first-order valence-corrected chi connectivity index (χ1v) is 7.15. The molecule has 10 nitrogen and oxygen atoms in total. The van der Waals surface area contributed by atoms with Crippen molar-refractivity contribution < 1.29 is 34.5 Å². The van der Waals surface area contributed by atoms with Gasteiger partial charge in [-0.25, -0.2) is 0 Å². The minimum atomic E-state index is -1.41. The number of nitrogens with zero attached hydrogens (tertiary/aromatic N) is 1. The molecule has 0 bridgehead atoms. The van der Waals surface area contributed by atoms with E-state index in [1.54, 1.807) is 0 Å². The van der Waals surface area contributed by atoms with E-state index >= 15 is 0 Å². The Kier molecular flexibility index (Phi) is 5.67. The molecule has 132 valence electrons. The summed E-state index contributed by atoms with van der Waals surface area (Å²) < 4.78 is 10.9. The predicted octanol–water partition coefficient (Wildman–Crippen LogP) is -1.10. The van der Waals surface area contributed by atoms with Crippen molar-refractivity contribution in [2.45, 2.75) is 31.0 Å². The Morgan fingerprint density at radius 3 is 2.42 bits per heavy atom. The van der Waals surface area contributed by atoms with Crippen molar-refractivity contribution in [3.8, 4) is 5.75 Å². The zero-order valence-corrected chi connectivity index (χ0v) is 12.5. The summed E-state index contributed by atoms with van der Waals surface area (Å²) >= 11 is 0. The molecule has 1 saturated heterocycles. The van der Waals surface area contributed by atoms with Gasteiger partial charge in [0.05, 0.1) is 23.6 Å². The van der Waals surface area contributed by atoms with Crippen molar-refractivity contribution >= 4 is 11.6 Å². The molecule has 2 rings (SSSR count). The molecular weight excluding hydrogens is 324 g/mol. The van der Waals surface area contributed by atoms with E-state index in [1.807, 2.05) is 0 Å². The molecule has 1 fully saturated rings. The number of nitro groups is 1. The lowest BCUT2D eigenvalue weighted by Gasteiger charge is -2.41. The van der Waals surface area contributed by atoms with E-state index in [0.29, 0.717) is 0 Å². The van der Waals surface area contributed by atoms with E-state index in [0.717, 1.165) is 0 Å². The van der Waals surface area contributed by atoms with Gasteiger partial charge in [0.25, 0.3) is 5.69 Å². The molecule has 5 atom stereocenters. The summed E-state index contributed by atoms with van der Waals surface area (Å²) in [4.78, 5) is 21.2. The minimum absolute atomic E-state index is 0.135. The number of nitro benzene ring substituents is 1. The maximum absolute atomic E-state index is 11.2. The van der Waals surface area contributed by atoms with Gasteiger partial charge in [-0.15, -0.1) is 0 Å². The number of aliphatic hydroxyl groups excluding tert-OH is 3. The first-order chi connectivity index (χ1) is 11.3. The highest BCUT2D eigenvalue weighted by atomic mass is 16.7. The number of ether oxygens (including phenoxy) is 2. The Bertz CT molecular complexity index is 593. The maximum Gasteiger partial charge on any atom is 0.269 e. The molecular formula is C14H18N2O8. The molecule has 1 aliphatic rings. The van der Waals surface area contributed by atoms with Crippen molar-refractivity contribution in [1.29, 1.82) is 0 Å². The number of hydrogen-bond donors (Lipinski definition) is 4. The Balaban J connectivity index is 2.19. The molecule has 24 heavy (non-hydrogen) atoms. The normalized spacial score (nSPS) is 29.9. The first-order valence-electron chi connectivity index (χ1n) is 7.15. The lowest BCUT2D eigenvalue weighted by Crippen LogP contribution is -2.57. The molecule has 0 unspecified atom stereocenters. The monoisotopic (exact) mass is 342 g/mol. The largest absolute Gasteiger partial charge is 0.465 e. The molecule has 0 aliphatic carbocycles. The fourth-order valence-corrected chi connectivity index (χ4v) is 2.48. The van der Waals surface area contributed by atoms with Crippen LogP contribution in [0, 0.1) is 16.0 Å². The molecule has 5 N–H and O–H groups in total. The second-order valence-corrected chi connectivity index (χ2v) is 5.41. The van der Waals surface area contributed by atoms with Crippen LogP contribution in [0.2, 0.25) is 0 Å². The third-order valence-electron chi connectivity index (χ3n) is 3.74. The number of rotatable bonds is 6. The second-order valence-electron chi connectivity index (χ2n) is 5.41. The molecule has 0 radical (unpaired) electrons. The summed E-state index contributed by atoms with van der Waals surface area (Å²) in [5.74, 6) is -1.49. The van der Waals surface area contributed by atoms with Crippen LogP contribution in [-0.4, -0.2) is 57.4 Å². The van der Waals surface area contributed by atoms with Crippen molar-refractivity contribution in [2.24, 2.45) is 11.7 Å². The zero-order chi connectivity index (χ0) is 17.9. The van der Waals surface area contributed by atoms with Gasteiger partial charge in [-0.2, -0.15) is 0 Å². The first kappa shape index (κ1) is 18.1. The van der Waals surface area contributed by atoms with Gasteiger partial charge < -0.3 is 30.5 Å². The van der Waals surface area contributed by atoms with Crippen molar-refractivity contribution in [3.05, 3.63) is 34.4 Å². The van der Waals surface area contributed by atoms with Gasteiger partial charge in [0.15, 0.2) is 0 Å². The van der Waals surface area contributed by atoms with Gasteiger partial charge in [-0.1, -0.05) is 0 Å². The second kappa shape index (κ2) is 7.53. The van der Waals surface area contributed by atoms with E-state index in [-0.39, 0.29) is 17.9 Å². The quantitative estimate of drug-likeness (QED) is 0.373. The molecule has 1 heterocycles. The Labute approximate surface area is 136 Å². The van der Waals surface area contributed by atoms with Crippen molar-refractivity contribution in [3.63, 3.8) is 0 Å². The standard InChI is InChI=1S/C14H18N2O8/c15-11(18)5-9-12(19)13(20)10(6-17)24-14(9)23-8-3-1-7(2-4-8)16(21)22/h1-4,9-10,12-14,17,19-20H,5-6H2,(H2,15,18)/t9-,10-,12-,13-,14-/m1/s1. The number of benzene rings is 1. The van der Waals surface area contributed by atoms with E-state index in [2.05, 4.69) is 0 Å². The third-order valence-corrected chi connectivity index (χ3v) is 3.74. The molecule has 1 aromatic carbocycles. The Hall–Kier alpha value is -2.27. The molecule has 1 aliphatic heterocycles. The molecule has 0 spiro atoms. The molecule has 0 saturated carbocycles. The number of non-ortho nitro benzene ring substituents is 1. The van der Waals surface area contributed by atoms with Crippen molar-refractivity contribution in [1.82, 2.24) is 0 Å². The lowest BCUT2D eigenvalue weighted by molar-refractivity contribution is -0.384. The van der Waals surface area contributed by atoms with E-state index in [1.165, 1.54) is 24.3 Å². The fourth-order valence-electron chi connectivity index (χ4n) is 2.48. The van der Waals surface area contributed by atoms with Crippen LogP contribution in [0.4, 0.5) is 5.69 Å². The van der Waals surface area contributed by atoms with E-state index < -0.39 is 48.0 Å². The topological polar surface area (TPSA) is 165 Å². The van der Waals surface area contributed by atoms with Crippen LogP contribution in [0.15, 0.2) is 24.3 Å². The Morgan fingerprint density at radius 1 is 1.29 bits per heavy atom. The van der Waals surface area contributed by atoms with Crippen LogP contribution in [-0.2, 0) is 9.53 Å². The van der Waals surface area contributed by atoms with Gasteiger partial charge >= 0.3 is 0 Å². The number of aliphatic hydroxyl groups is 3. The smallest absolute Gasteiger partial charge is 0.269 e. The van der Waals surface area contributed by atoms with Gasteiger partial charge in [0.2, 0.25) is 12.2 Å². The molecule has 0 aromatic heterocycles. The number of amides is 1. The van der Waals surface area contributed by atoms with Crippen LogP contribution >= 0.6 is 0 Å². The van der Waals surface area contributed by atoms with Crippen molar-refractivity contribution in [2.75, 3.05) is 6.61 Å². The van der Waals surface area contributed by atoms with Crippen LogP contribution in [0.3, 0.4) is 0 Å². The van der Waals surface area contributed by atoms with Crippen LogP contribution < -0.4 is 10.5 Å². The van der Waals surface area contributed by atoms with Gasteiger partial charge in [0, 0.05) is 18.6 Å². The summed E-state index contributed by atoms with van der Waals surface area (Å²) in [6, 6.07) is 5.09. The average Bonchev–Trinajstić information content (AvgIpc) is 2.54. The van der Waals surface area contributed by atoms with Crippen LogP contribution in [0.5, 0.6) is 5.75 Å². The SMILES string of the molecule is NC(=O)C[C@H]1[C@H](Oc2ccc([N+](=O)[O-])cc2)O[C@H](CO)[C@@H](O)[C@@H]1O. The summed E-state index contributed by atoms with van der Waals surface area (Å²) in [6.45, 7) is -0.568. The highest BCUT2D eigenvalue weighted by Crippen LogP contribution is 2.31. The third kappa shape index (κ3) is 3.97. The molecule has 10 heteroatoms. The van der Waals surface area contributed by atoms with Gasteiger partial charge in [-0.05, 0) is 12.1 Å². The van der Waals surface area contributed by atoms with E-state index in [4.69, 9.17) is 15.2 Å². The number of nitrogens with two attached hydrogens (primary N) is 1. The summed E-state index contributed by atoms with van der Waals surface area (Å²) in [5.41, 5.74) is 5.00.